The molecule has 0 aromatic carbocycles. The summed E-state index contributed by atoms with van der Waals surface area (Å²) in [6.45, 7) is 11.8. The lowest BCUT2D eigenvalue weighted by molar-refractivity contribution is 0.346. The zero-order valence-corrected chi connectivity index (χ0v) is 20.5. The summed E-state index contributed by atoms with van der Waals surface area (Å²) >= 11 is 0. The first-order valence-electron chi connectivity index (χ1n) is 13.5. The highest BCUT2D eigenvalue weighted by Crippen LogP contribution is 2.20. The van der Waals surface area contributed by atoms with Crippen LogP contribution in [0.2, 0.25) is 0 Å². The summed E-state index contributed by atoms with van der Waals surface area (Å²) in [6, 6.07) is 0. The Labute approximate surface area is 180 Å². The fourth-order valence-corrected chi connectivity index (χ4v) is 4.53. The third kappa shape index (κ3) is 19.3. The van der Waals surface area contributed by atoms with Crippen LogP contribution in [0.4, 0.5) is 0 Å². The van der Waals surface area contributed by atoms with E-state index < -0.39 is 0 Å². The molecule has 0 saturated heterocycles. The highest BCUT2D eigenvalue weighted by Gasteiger charge is 2.11. The van der Waals surface area contributed by atoms with Gasteiger partial charge in [0.25, 0.3) is 0 Å². The zero-order chi connectivity index (χ0) is 20.7. The van der Waals surface area contributed by atoms with Crippen molar-refractivity contribution < 1.29 is 0 Å². The lowest BCUT2D eigenvalue weighted by atomic mass is 9.93. The molecule has 0 aromatic heterocycles. The smallest absolute Gasteiger partial charge is 0.00204 e. The summed E-state index contributed by atoms with van der Waals surface area (Å²) in [6.07, 6.45) is 27.1. The zero-order valence-electron chi connectivity index (χ0n) is 20.5. The predicted octanol–water partition coefficient (Wildman–Crippen LogP) is 9.30. The van der Waals surface area contributed by atoms with Crippen LogP contribution in [0.5, 0.6) is 0 Å². The van der Waals surface area contributed by atoms with Gasteiger partial charge < -0.3 is 5.32 Å². The molecule has 2 unspecified atom stereocenters. The maximum Gasteiger partial charge on any atom is -0.00204 e. The van der Waals surface area contributed by atoms with Crippen LogP contribution in [-0.4, -0.2) is 13.1 Å². The molecule has 0 spiro atoms. The second kappa shape index (κ2) is 23.2. The van der Waals surface area contributed by atoms with E-state index in [1.807, 2.05) is 0 Å². The van der Waals surface area contributed by atoms with Crippen molar-refractivity contribution in [3.63, 3.8) is 0 Å². The molecule has 0 rings (SSSR count). The molecule has 170 valence electrons. The number of hydrogen-bond acceptors (Lipinski definition) is 1. The van der Waals surface area contributed by atoms with Gasteiger partial charge >= 0.3 is 0 Å². The van der Waals surface area contributed by atoms with Crippen molar-refractivity contribution in [1.29, 1.82) is 0 Å². The summed E-state index contributed by atoms with van der Waals surface area (Å²) < 4.78 is 0. The first kappa shape index (κ1) is 28.0. The first-order valence-corrected chi connectivity index (χ1v) is 13.5. The molecule has 0 heterocycles. The summed E-state index contributed by atoms with van der Waals surface area (Å²) in [4.78, 5) is 0. The molecule has 0 aliphatic rings. The average Bonchev–Trinajstić information content (AvgIpc) is 2.70. The molecular formula is C27H57N. The summed E-state index contributed by atoms with van der Waals surface area (Å²) in [5, 5.41) is 3.91. The normalized spacial score (nSPS) is 13.7. The van der Waals surface area contributed by atoms with Gasteiger partial charge in [-0.05, 0) is 50.6 Å². The van der Waals surface area contributed by atoms with Gasteiger partial charge in [0, 0.05) is 0 Å². The predicted molar refractivity (Wildman–Crippen MR) is 130 cm³/mol. The Balaban J connectivity index is 4.10. The molecule has 0 amide bonds. The minimum absolute atomic E-state index is 0.914. The molecule has 0 fully saturated rings. The Morgan fingerprint density at radius 2 is 0.750 bits per heavy atom. The van der Waals surface area contributed by atoms with E-state index >= 15 is 0 Å². The van der Waals surface area contributed by atoms with E-state index in [9.17, 15) is 0 Å². The van der Waals surface area contributed by atoms with Gasteiger partial charge in [-0.3, -0.25) is 0 Å². The maximum absolute atomic E-state index is 3.91. The number of nitrogens with one attached hydrogen (secondary N) is 1. The molecule has 1 heteroatoms. The Hall–Kier alpha value is -0.0400. The Morgan fingerprint density at radius 3 is 1.18 bits per heavy atom. The molecule has 1 N–H and O–H groups in total. The average molecular weight is 396 g/mol. The molecule has 0 aliphatic carbocycles. The molecule has 0 radical (unpaired) electrons. The SMILES string of the molecule is CCCCCCCCC(CCCCCC)CNCC(CCC)CCCCCC. The van der Waals surface area contributed by atoms with Crippen LogP contribution < -0.4 is 5.32 Å². The Bertz CT molecular complexity index is 275. The van der Waals surface area contributed by atoms with Crippen molar-refractivity contribution >= 4 is 0 Å². The van der Waals surface area contributed by atoms with Crippen LogP contribution in [0.25, 0.3) is 0 Å². The molecule has 28 heavy (non-hydrogen) atoms. The second-order valence-electron chi connectivity index (χ2n) is 9.43. The molecule has 0 aromatic rings. The van der Waals surface area contributed by atoms with E-state index in [1.54, 1.807) is 0 Å². The van der Waals surface area contributed by atoms with Gasteiger partial charge in [-0.25, -0.2) is 0 Å². The molecule has 1 nitrogen and oxygen atoms in total. The molecule has 0 saturated carbocycles. The van der Waals surface area contributed by atoms with Crippen LogP contribution >= 0.6 is 0 Å². The third-order valence-electron chi connectivity index (χ3n) is 6.46. The fourth-order valence-electron chi connectivity index (χ4n) is 4.53. The largest absolute Gasteiger partial charge is 0.316 e. The van der Waals surface area contributed by atoms with E-state index in [1.165, 1.54) is 135 Å². The highest BCUT2D eigenvalue weighted by molar-refractivity contribution is 4.68. The van der Waals surface area contributed by atoms with Crippen molar-refractivity contribution in [2.75, 3.05) is 13.1 Å². The van der Waals surface area contributed by atoms with Gasteiger partial charge in [-0.15, -0.1) is 0 Å². The van der Waals surface area contributed by atoms with Crippen molar-refractivity contribution in [2.45, 2.75) is 150 Å². The third-order valence-corrected chi connectivity index (χ3v) is 6.46. The van der Waals surface area contributed by atoms with Crippen LogP contribution in [0.1, 0.15) is 150 Å². The minimum atomic E-state index is 0.914. The second-order valence-corrected chi connectivity index (χ2v) is 9.43. The standard InChI is InChI=1S/C27H57N/c1-5-9-12-15-16-19-23-27(22-18-14-11-7-3)25-28-24-26(20-8-4)21-17-13-10-6-2/h26-28H,5-25H2,1-4H3. The number of unbranched alkanes of at least 4 members (excludes halogenated alkanes) is 11. The van der Waals surface area contributed by atoms with Crippen LogP contribution in [0, 0.1) is 11.8 Å². The van der Waals surface area contributed by atoms with Gasteiger partial charge in [0.05, 0.1) is 0 Å². The van der Waals surface area contributed by atoms with E-state index in [2.05, 4.69) is 33.0 Å². The van der Waals surface area contributed by atoms with Crippen LogP contribution in [-0.2, 0) is 0 Å². The summed E-state index contributed by atoms with van der Waals surface area (Å²) in [5.74, 6) is 1.84. The molecular weight excluding hydrogens is 338 g/mol. The van der Waals surface area contributed by atoms with Crippen molar-refractivity contribution in [3.8, 4) is 0 Å². The van der Waals surface area contributed by atoms with Gasteiger partial charge in [-0.2, -0.15) is 0 Å². The minimum Gasteiger partial charge on any atom is -0.316 e. The first-order chi connectivity index (χ1) is 13.8. The van der Waals surface area contributed by atoms with E-state index in [4.69, 9.17) is 0 Å². The topological polar surface area (TPSA) is 12.0 Å². The van der Waals surface area contributed by atoms with E-state index in [0.717, 1.165) is 11.8 Å². The Kier molecular flexibility index (Phi) is 23.2. The van der Waals surface area contributed by atoms with Gasteiger partial charge in [0.1, 0.15) is 0 Å². The summed E-state index contributed by atoms with van der Waals surface area (Å²) in [5.41, 5.74) is 0. The van der Waals surface area contributed by atoms with Gasteiger partial charge in [0.15, 0.2) is 0 Å². The van der Waals surface area contributed by atoms with E-state index in [-0.39, 0.29) is 0 Å². The Morgan fingerprint density at radius 1 is 0.393 bits per heavy atom. The van der Waals surface area contributed by atoms with Gasteiger partial charge in [-0.1, -0.05) is 124 Å². The fraction of sp³-hybridized carbons (Fsp3) is 1.00. The highest BCUT2D eigenvalue weighted by atomic mass is 14.9. The van der Waals surface area contributed by atoms with Crippen molar-refractivity contribution in [3.05, 3.63) is 0 Å². The van der Waals surface area contributed by atoms with Crippen LogP contribution in [0.15, 0.2) is 0 Å². The molecule has 0 bridgehead atoms. The summed E-state index contributed by atoms with van der Waals surface area (Å²) in [7, 11) is 0. The lowest BCUT2D eigenvalue weighted by Gasteiger charge is -2.21. The number of hydrogen-bond donors (Lipinski definition) is 1. The molecule has 0 aliphatic heterocycles. The van der Waals surface area contributed by atoms with Crippen molar-refractivity contribution in [1.82, 2.24) is 5.32 Å². The monoisotopic (exact) mass is 395 g/mol. The quantitative estimate of drug-likeness (QED) is 0.170. The molecule has 2 atom stereocenters. The van der Waals surface area contributed by atoms with E-state index in [0.29, 0.717) is 0 Å². The lowest BCUT2D eigenvalue weighted by Crippen LogP contribution is -2.28. The number of rotatable bonds is 23. The van der Waals surface area contributed by atoms with Gasteiger partial charge in [0.2, 0.25) is 0 Å². The van der Waals surface area contributed by atoms with Crippen LogP contribution in [0.3, 0.4) is 0 Å². The maximum atomic E-state index is 3.91. The van der Waals surface area contributed by atoms with Crippen molar-refractivity contribution in [2.24, 2.45) is 11.8 Å².